The van der Waals surface area contributed by atoms with Gasteiger partial charge >= 0.3 is 0 Å². The minimum atomic E-state index is -4.23. The summed E-state index contributed by atoms with van der Waals surface area (Å²) in [7, 11) is -4.23. The molecule has 1 saturated heterocycles. The largest absolute Gasteiger partial charge is 0.338 e. The maximum absolute atomic E-state index is 13.8. The average Bonchev–Trinajstić information content (AvgIpc) is 3.02. The molecule has 2 aromatic rings. The summed E-state index contributed by atoms with van der Waals surface area (Å²) in [5.74, 6) is -1.41. The smallest absolute Gasteiger partial charge is 0.249 e. The number of piperazine rings is 1. The first-order valence-corrected chi connectivity index (χ1v) is 9.04. The zero-order valence-electron chi connectivity index (χ0n) is 13.2. The molecule has 1 aromatic carbocycles. The van der Waals surface area contributed by atoms with Gasteiger partial charge in [-0.15, -0.1) is 0 Å². The molecule has 3 rings (SSSR count). The van der Waals surface area contributed by atoms with E-state index in [1.54, 1.807) is 0 Å². The van der Waals surface area contributed by atoms with E-state index in [-0.39, 0.29) is 19.6 Å². The molecule has 2 heterocycles. The second-order valence-corrected chi connectivity index (χ2v) is 7.41. The molecule has 0 amide bonds. The van der Waals surface area contributed by atoms with Crippen molar-refractivity contribution in [3.05, 3.63) is 41.5 Å². The molecule has 1 fully saturated rings. The Hall–Kier alpha value is -1.95. The number of benzene rings is 1. The normalized spacial score (nSPS) is 17.1. The number of nitrogens with two attached hydrogens (primary N) is 1. The predicted octanol–water partition coefficient (Wildman–Crippen LogP) is 0.313. The molecular formula is C14H17F2N5O3S. The van der Waals surface area contributed by atoms with Crippen LogP contribution in [-0.4, -0.2) is 53.9 Å². The van der Waals surface area contributed by atoms with Gasteiger partial charge in [0.1, 0.15) is 11.6 Å². The summed E-state index contributed by atoms with van der Waals surface area (Å²) in [5, 5.41) is 3.78. The second-order valence-electron chi connectivity index (χ2n) is 5.54. The van der Waals surface area contributed by atoms with Gasteiger partial charge in [-0.2, -0.15) is 9.29 Å². The van der Waals surface area contributed by atoms with E-state index in [0.29, 0.717) is 31.3 Å². The lowest BCUT2D eigenvalue weighted by Crippen LogP contribution is -2.48. The topological polar surface area (TPSA) is 106 Å². The Morgan fingerprint density at radius 3 is 2.36 bits per heavy atom. The van der Waals surface area contributed by atoms with E-state index in [2.05, 4.69) is 10.1 Å². The van der Waals surface area contributed by atoms with E-state index < -0.39 is 26.6 Å². The van der Waals surface area contributed by atoms with E-state index >= 15 is 0 Å². The summed E-state index contributed by atoms with van der Waals surface area (Å²) in [6.45, 7) is 1.50. The SMILES string of the molecule is NCc1nc(CN2CCN(S(=O)(=O)c3c(F)cccc3F)CC2)no1. The van der Waals surface area contributed by atoms with Crippen molar-refractivity contribution < 1.29 is 21.7 Å². The number of hydrogen-bond acceptors (Lipinski definition) is 7. The van der Waals surface area contributed by atoms with E-state index in [0.717, 1.165) is 22.5 Å². The first-order chi connectivity index (χ1) is 11.9. The van der Waals surface area contributed by atoms with Crippen LogP contribution in [0, 0.1) is 11.6 Å². The summed E-state index contributed by atoms with van der Waals surface area (Å²) in [6.07, 6.45) is 0. The van der Waals surface area contributed by atoms with Crippen molar-refractivity contribution in [1.29, 1.82) is 0 Å². The van der Waals surface area contributed by atoms with E-state index in [1.807, 2.05) is 4.90 Å². The summed E-state index contributed by atoms with van der Waals surface area (Å²) >= 11 is 0. The predicted molar refractivity (Wildman–Crippen MR) is 82.6 cm³/mol. The van der Waals surface area contributed by atoms with Gasteiger partial charge in [0, 0.05) is 26.2 Å². The van der Waals surface area contributed by atoms with Crippen molar-refractivity contribution >= 4 is 10.0 Å². The molecular weight excluding hydrogens is 356 g/mol. The maximum Gasteiger partial charge on any atom is 0.249 e. The number of aromatic nitrogens is 2. The van der Waals surface area contributed by atoms with Crippen molar-refractivity contribution in [3.63, 3.8) is 0 Å². The van der Waals surface area contributed by atoms with Crippen LogP contribution in [0.15, 0.2) is 27.6 Å². The van der Waals surface area contributed by atoms with Crippen molar-refractivity contribution in [3.8, 4) is 0 Å². The van der Waals surface area contributed by atoms with Gasteiger partial charge in [-0.1, -0.05) is 11.2 Å². The highest BCUT2D eigenvalue weighted by molar-refractivity contribution is 7.89. The fourth-order valence-electron chi connectivity index (χ4n) is 2.62. The van der Waals surface area contributed by atoms with Crippen LogP contribution in [0.1, 0.15) is 11.7 Å². The number of nitrogens with zero attached hydrogens (tertiary/aromatic N) is 4. The maximum atomic E-state index is 13.8. The average molecular weight is 373 g/mol. The molecule has 136 valence electrons. The number of hydrogen-bond donors (Lipinski definition) is 1. The Morgan fingerprint density at radius 2 is 1.80 bits per heavy atom. The molecule has 1 aliphatic rings. The monoisotopic (exact) mass is 373 g/mol. The number of halogens is 2. The Kier molecular flexibility index (Phi) is 5.08. The van der Waals surface area contributed by atoms with Gasteiger partial charge in [0.05, 0.1) is 13.1 Å². The van der Waals surface area contributed by atoms with E-state index in [4.69, 9.17) is 10.3 Å². The lowest BCUT2D eigenvalue weighted by molar-refractivity contribution is 0.176. The lowest BCUT2D eigenvalue weighted by atomic mass is 10.3. The van der Waals surface area contributed by atoms with Gasteiger partial charge in [0.15, 0.2) is 10.7 Å². The molecule has 1 aromatic heterocycles. The molecule has 2 N–H and O–H groups in total. The van der Waals surface area contributed by atoms with Crippen LogP contribution in [0.25, 0.3) is 0 Å². The second kappa shape index (κ2) is 7.12. The summed E-state index contributed by atoms with van der Waals surface area (Å²) in [4.78, 5) is 5.10. The molecule has 0 atom stereocenters. The molecule has 0 radical (unpaired) electrons. The van der Waals surface area contributed by atoms with Gasteiger partial charge in [0.25, 0.3) is 0 Å². The molecule has 0 aliphatic carbocycles. The Morgan fingerprint density at radius 1 is 1.16 bits per heavy atom. The van der Waals surface area contributed by atoms with Crippen LogP contribution in [0.3, 0.4) is 0 Å². The van der Waals surface area contributed by atoms with Crippen LogP contribution in [0.2, 0.25) is 0 Å². The van der Waals surface area contributed by atoms with Gasteiger partial charge in [-0.3, -0.25) is 4.90 Å². The minimum absolute atomic E-state index is 0.109. The standard InChI is InChI=1S/C14H17F2N5O3S/c15-10-2-1-3-11(16)14(10)25(22,23)21-6-4-20(5-7-21)9-12-18-13(8-17)24-19-12/h1-3H,4-9,17H2. The lowest BCUT2D eigenvalue weighted by Gasteiger charge is -2.33. The molecule has 8 nitrogen and oxygen atoms in total. The molecule has 25 heavy (non-hydrogen) atoms. The quantitative estimate of drug-likeness (QED) is 0.804. The first kappa shape index (κ1) is 17.9. The third-order valence-electron chi connectivity index (χ3n) is 3.90. The summed E-state index contributed by atoms with van der Waals surface area (Å²) in [6, 6.07) is 2.98. The fraction of sp³-hybridized carbons (Fsp3) is 0.429. The van der Waals surface area contributed by atoms with Gasteiger partial charge in [0.2, 0.25) is 15.9 Å². The minimum Gasteiger partial charge on any atom is -0.338 e. The zero-order valence-corrected chi connectivity index (χ0v) is 14.0. The molecule has 0 unspecified atom stereocenters. The van der Waals surface area contributed by atoms with E-state index in [9.17, 15) is 17.2 Å². The van der Waals surface area contributed by atoms with Gasteiger partial charge in [-0.25, -0.2) is 17.2 Å². The highest BCUT2D eigenvalue weighted by Crippen LogP contribution is 2.23. The number of sulfonamides is 1. The molecule has 0 saturated carbocycles. The van der Waals surface area contributed by atoms with Crippen molar-refractivity contribution in [2.75, 3.05) is 26.2 Å². The third kappa shape index (κ3) is 3.68. The van der Waals surface area contributed by atoms with Crippen LogP contribution < -0.4 is 5.73 Å². The van der Waals surface area contributed by atoms with Crippen molar-refractivity contribution in [1.82, 2.24) is 19.3 Å². The first-order valence-electron chi connectivity index (χ1n) is 7.60. The molecule has 11 heteroatoms. The number of rotatable bonds is 5. The molecule has 0 spiro atoms. The summed E-state index contributed by atoms with van der Waals surface area (Å²) in [5.41, 5.74) is 5.40. The van der Waals surface area contributed by atoms with Crippen LogP contribution in [0.5, 0.6) is 0 Å². The molecule has 1 aliphatic heterocycles. The van der Waals surface area contributed by atoms with Crippen LogP contribution in [-0.2, 0) is 23.1 Å². The van der Waals surface area contributed by atoms with Gasteiger partial charge < -0.3 is 10.3 Å². The van der Waals surface area contributed by atoms with E-state index in [1.165, 1.54) is 0 Å². The highest BCUT2D eigenvalue weighted by atomic mass is 32.2. The Bertz CT molecular complexity index is 830. The Balaban J connectivity index is 1.67. The molecule has 0 bridgehead atoms. The van der Waals surface area contributed by atoms with Crippen LogP contribution >= 0.6 is 0 Å². The Labute approximate surface area is 143 Å². The third-order valence-corrected chi connectivity index (χ3v) is 5.85. The van der Waals surface area contributed by atoms with Crippen LogP contribution in [0.4, 0.5) is 8.78 Å². The zero-order chi connectivity index (χ0) is 18.0. The van der Waals surface area contributed by atoms with Crippen molar-refractivity contribution in [2.45, 2.75) is 18.0 Å². The van der Waals surface area contributed by atoms with Gasteiger partial charge in [-0.05, 0) is 12.1 Å². The summed E-state index contributed by atoms with van der Waals surface area (Å²) < 4.78 is 58.6. The highest BCUT2D eigenvalue weighted by Gasteiger charge is 2.33. The fourth-order valence-corrected chi connectivity index (χ4v) is 4.15. The van der Waals surface area contributed by atoms with Crippen molar-refractivity contribution in [2.24, 2.45) is 5.73 Å².